The van der Waals surface area contributed by atoms with Crippen molar-refractivity contribution in [3.63, 3.8) is 0 Å². The molecular formula is C15H19BrN2O3. The highest BCUT2D eigenvalue weighted by atomic mass is 79.9. The summed E-state index contributed by atoms with van der Waals surface area (Å²) in [7, 11) is 3.49. The van der Waals surface area contributed by atoms with Gasteiger partial charge in [0.1, 0.15) is 18.1 Å². The number of nitrogens with zero attached hydrogens (tertiary/aromatic N) is 2. The van der Waals surface area contributed by atoms with Crippen molar-refractivity contribution in [3.05, 3.63) is 39.6 Å². The fourth-order valence-corrected chi connectivity index (χ4v) is 2.80. The number of halogens is 1. The van der Waals surface area contributed by atoms with Crippen molar-refractivity contribution >= 4 is 15.9 Å². The Morgan fingerprint density at radius 1 is 1.38 bits per heavy atom. The SMILES string of the molecule is CCc1nn(C)c(COc2ccc(OC)cc2CO)c1Br. The molecule has 2 rings (SSSR count). The Balaban J connectivity index is 2.18. The number of hydrogen-bond donors (Lipinski definition) is 1. The highest BCUT2D eigenvalue weighted by Gasteiger charge is 2.14. The average Bonchev–Trinajstić information content (AvgIpc) is 2.79. The first-order chi connectivity index (χ1) is 10.1. The van der Waals surface area contributed by atoms with E-state index in [1.165, 1.54) is 0 Å². The summed E-state index contributed by atoms with van der Waals surface area (Å²) in [6.07, 6.45) is 0.860. The molecule has 0 spiro atoms. The number of hydrogen-bond acceptors (Lipinski definition) is 4. The zero-order valence-electron chi connectivity index (χ0n) is 12.4. The van der Waals surface area contributed by atoms with Gasteiger partial charge in [-0.2, -0.15) is 5.10 Å². The van der Waals surface area contributed by atoms with Crippen LogP contribution >= 0.6 is 15.9 Å². The second-order valence-corrected chi connectivity index (χ2v) is 5.40. The van der Waals surface area contributed by atoms with Crippen molar-refractivity contribution in [1.82, 2.24) is 9.78 Å². The molecule has 2 aromatic rings. The first-order valence-electron chi connectivity index (χ1n) is 6.71. The van der Waals surface area contributed by atoms with E-state index in [-0.39, 0.29) is 6.61 Å². The van der Waals surface area contributed by atoms with Gasteiger partial charge in [-0.3, -0.25) is 4.68 Å². The van der Waals surface area contributed by atoms with Crippen molar-refractivity contribution in [3.8, 4) is 11.5 Å². The van der Waals surface area contributed by atoms with Crippen molar-refractivity contribution in [2.24, 2.45) is 7.05 Å². The lowest BCUT2D eigenvalue weighted by atomic mass is 10.2. The molecule has 0 aliphatic rings. The summed E-state index contributed by atoms with van der Waals surface area (Å²) < 4.78 is 13.8. The smallest absolute Gasteiger partial charge is 0.131 e. The third kappa shape index (κ3) is 3.39. The zero-order chi connectivity index (χ0) is 15.4. The number of methoxy groups -OCH3 is 1. The number of aromatic nitrogens is 2. The minimum absolute atomic E-state index is 0.0979. The van der Waals surface area contributed by atoms with Crippen LogP contribution in [0.3, 0.4) is 0 Å². The van der Waals surface area contributed by atoms with E-state index < -0.39 is 0 Å². The summed E-state index contributed by atoms with van der Waals surface area (Å²) in [5, 5.41) is 13.9. The molecule has 1 aromatic heterocycles. The van der Waals surface area contributed by atoms with Crippen molar-refractivity contribution in [1.29, 1.82) is 0 Å². The van der Waals surface area contributed by atoms with Crippen LogP contribution in [-0.2, 0) is 26.7 Å². The van der Waals surface area contributed by atoms with Crippen molar-refractivity contribution in [2.45, 2.75) is 26.6 Å². The summed E-state index contributed by atoms with van der Waals surface area (Å²) in [4.78, 5) is 0. The molecule has 5 nitrogen and oxygen atoms in total. The van der Waals surface area contributed by atoms with Crippen LogP contribution in [0.2, 0.25) is 0 Å². The molecule has 0 atom stereocenters. The summed E-state index contributed by atoms with van der Waals surface area (Å²) in [5.74, 6) is 1.34. The van der Waals surface area contributed by atoms with Crippen LogP contribution in [0.15, 0.2) is 22.7 Å². The molecule has 1 aromatic carbocycles. The molecule has 0 aliphatic heterocycles. The second-order valence-electron chi connectivity index (χ2n) is 4.60. The number of aliphatic hydroxyl groups is 1. The Kier molecular flexibility index (Phi) is 5.25. The van der Waals surface area contributed by atoms with E-state index in [1.807, 2.05) is 17.8 Å². The van der Waals surface area contributed by atoms with Gasteiger partial charge in [-0.25, -0.2) is 0 Å². The minimum atomic E-state index is -0.0979. The lowest BCUT2D eigenvalue weighted by Gasteiger charge is -2.12. The van der Waals surface area contributed by atoms with Crippen LogP contribution in [0.1, 0.15) is 23.9 Å². The van der Waals surface area contributed by atoms with E-state index in [9.17, 15) is 5.11 Å². The van der Waals surface area contributed by atoms with Gasteiger partial charge in [-0.15, -0.1) is 0 Å². The van der Waals surface area contributed by atoms with Crippen LogP contribution in [-0.4, -0.2) is 22.0 Å². The van der Waals surface area contributed by atoms with Crippen molar-refractivity contribution < 1.29 is 14.6 Å². The topological polar surface area (TPSA) is 56.5 Å². The molecular weight excluding hydrogens is 336 g/mol. The number of rotatable bonds is 6. The predicted octanol–water partition coefficient (Wildman–Crippen LogP) is 2.82. The maximum atomic E-state index is 9.42. The molecule has 1 heterocycles. The van der Waals surface area contributed by atoms with Crippen LogP contribution in [0, 0.1) is 0 Å². The molecule has 0 aliphatic carbocycles. The normalized spacial score (nSPS) is 10.7. The Morgan fingerprint density at radius 3 is 2.71 bits per heavy atom. The lowest BCUT2D eigenvalue weighted by molar-refractivity contribution is 0.254. The molecule has 21 heavy (non-hydrogen) atoms. The van der Waals surface area contributed by atoms with Crippen molar-refractivity contribution in [2.75, 3.05) is 7.11 Å². The highest BCUT2D eigenvalue weighted by molar-refractivity contribution is 9.10. The molecule has 6 heteroatoms. The fraction of sp³-hybridized carbons (Fsp3) is 0.400. The van der Waals surface area contributed by atoms with Crippen LogP contribution in [0.4, 0.5) is 0 Å². The van der Waals surface area contributed by atoms with Crippen LogP contribution < -0.4 is 9.47 Å². The monoisotopic (exact) mass is 354 g/mol. The lowest BCUT2D eigenvalue weighted by Crippen LogP contribution is -2.05. The third-order valence-electron chi connectivity index (χ3n) is 3.31. The summed E-state index contributed by atoms with van der Waals surface area (Å²) in [6, 6.07) is 5.38. The van der Waals surface area contributed by atoms with Gasteiger partial charge in [-0.1, -0.05) is 6.92 Å². The van der Waals surface area contributed by atoms with E-state index in [0.29, 0.717) is 23.7 Å². The van der Waals surface area contributed by atoms with E-state index in [2.05, 4.69) is 28.0 Å². The summed E-state index contributed by atoms with van der Waals surface area (Å²) in [5.41, 5.74) is 2.67. The standard InChI is InChI=1S/C15H19BrN2O3/c1-4-12-15(16)13(18(2)17-12)9-21-14-6-5-11(20-3)7-10(14)8-19/h5-7,19H,4,8-9H2,1-3H3. The zero-order valence-corrected chi connectivity index (χ0v) is 14.0. The molecule has 1 N–H and O–H groups in total. The highest BCUT2D eigenvalue weighted by Crippen LogP contribution is 2.27. The van der Waals surface area contributed by atoms with Gasteiger partial charge >= 0.3 is 0 Å². The van der Waals surface area contributed by atoms with E-state index in [1.54, 1.807) is 19.2 Å². The van der Waals surface area contributed by atoms with Gasteiger partial charge in [0.25, 0.3) is 0 Å². The first kappa shape index (κ1) is 15.9. The Labute approximate surface area is 132 Å². The molecule has 0 fully saturated rings. The second kappa shape index (κ2) is 6.95. The minimum Gasteiger partial charge on any atom is -0.497 e. The van der Waals surface area contributed by atoms with Gasteiger partial charge in [0.15, 0.2) is 0 Å². The number of ether oxygens (including phenoxy) is 2. The van der Waals surface area contributed by atoms with Crippen LogP contribution in [0.25, 0.3) is 0 Å². The van der Waals surface area contributed by atoms with E-state index in [4.69, 9.17) is 9.47 Å². The number of benzene rings is 1. The average molecular weight is 355 g/mol. The molecule has 0 radical (unpaired) electrons. The first-order valence-corrected chi connectivity index (χ1v) is 7.50. The largest absolute Gasteiger partial charge is 0.497 e. The van der Waals surface area contributed by atoms with E-state index >= 15 is 0 Å². The maximum Gasteiger partial charge on any atom is 0.131 e. The Hall–Kier alpha value is -1.53. The maximum absolute atomic E-state index is 9.42. The van der Waals surface area contributed by atoms with Gasteiger partial charge in [0.2, 0.25) is 0 Å². The predicted molar refractivity (Wildman–Crippen MR) is 83.5 cm³/mol. The van der Waals surface area contributed by atoms with Gasteiger partial charge in [0, 0.05) is 12.6 Å². The number of aliphatic hydroxyl groups excluding tert-OH is 1. The quantitative estimate of drug-likeness (QED) is 0.866. The van der Waals surface area contributed by atoms with Crippen LogP contribution in [0.5, 0.6) is 11.5 Å². The van der Waals surface area contributed by atoms with Gasteiger partial charge in [-0.05, 0) is 40.5 Å². The fourth-order valence-electron chi connectivity index (χ4n) is 2.07. The summed E-state index contributed by atoms with van der Waals surface area (Å²) in [6.45, 7) is 2.34. The van der Waals surface area contributed by atoms with Gasteiger partial charge in [0.05, 0.1) is 29.6 Å². The molecule has 0 bridgehead atoms. The molecule has 0 saturated carbocycles. The molecule has 0 unspecified atom stereocenters. The molecule has 0 amide bonds. The number of aryl methyl sites for hydroxylation is 2. The van der Waals surface area contributed by atoms with Gasteiger partial charge < -0.3 is 14.6 Å². The molecule has 114 valence electrons. The third-order valence-corrected chi connectivity index (χ3v) is 4.22. The Morgan fingerprint density at radius 2 is 2.14 bits per heavy atom. The Bertz CT molecular complexity index is 626. The summed E-state index contributed by atoms with van der Waals surface area (Å²) >= 11 is 3.56. The van der Waals surface area contributed by atoms with E-state index in [0.717, 1.165) is 22.3 Å². The molecule has 0 saturated heterocycles.